The van der Waals surface area contributed by atoms with Crippen LogP contribution in [0.25, 0.3) is 11.0 Å². The molecule has 0 unspecified atom stereocenters. The second-order valence-corrected chi connectivity index (χ2v) is 9.97. The Morgan fingerprint density at radius 2 is 1.80 bits per heavy atom. The molecule has 3 aliphatic rings. The van der Waals surface area contributed by atoms with E-state index in [1.165, 1.54) is 6.07 Å². The van der Waals surface area contributed by atoms with Gasteiger partial charge in [-0.1, -0.05) is 5.16 Å². The lowest BCUT2D eigenvalue weighted by molar-refractivity contribution is 0.000272. The minimum absolute atomic E-state index is 0.00534. The Labute approximate surface area is 203 Å². The van der Waals surface area contributed by atoms with Crippen LogP contribution in [-0.4, -0.2) is 74.2 Å². The number of halogens is 2. The largest absolute Gasteiger partial charge is 0.446 e. The topological polar surface area (TPSA) is 80.1 Å². The molecule has 0 bridgehead atoms. The third-order valence-electron chi connectivity index (χ3n) is 7.61. The van der Waals surface area contributed by atoms with Gasteiger partial charge in [-0.25, -0.2) is 13.6 Å². The predicted molar refractivity (Wildman–Crippen MR) is 126 cm³/mol. The van der Waals surface area contributed by atoms with Crippen molar-refractivity contribution in [3.8, 4) is 0 Å². The van der Waals surface area contributed by atoms with E-state index in [1.54, 1.807) is 0 Å². The molecule has 10 heteroatoms. The monoisotopic (exact) mass is 492 g/mol. The smallest absolute Gasteiger partial charge is 0.407 e. The number of hydrogen-bond donors (Lipinski definition) is 1. The molecule has 1 aliphatic carbocycles. The van der Waals surface area contributed by atoms with Gasteiger partial charge in [0.2, 0.25) is 5.58 Å². The van der Waals surface area contributed by atoms with Gasteiger partial charge in [0.25, 0.3) is 0 Å². The number of rotatable bonds is 6. The molecule has 0 atom stereocenters. The van der Waals surface area contributed by atoms with Crippen LogP contribution in [0.5, 0.6) is 0 Å². The van der Waals surface area contributed by atoms with E-state index in [0.29, 0.717) is 30.3 Å². The number of ether oxygens (including phenoxy) is 2. The van der Waals surface area contributed by atoms with Crippen molar-refractivity contribution >= 4 is 22.9 Å². The van der Waals surface area contributed by atoms with Crippen LogP contribution in [0.15, 0.2) is 16.7 Å². The Balaban J connectivity index is 1.01. The van der Waals surface area contributed by atoms with Gasteiger partial charge in [-0.2, -0.15) is 0 Å². The lowest BCUT2D eigenvalue weighted by atomic mass is 9.84. The summed E-state index contributed by atoms with van der Waals surface area (Å²) in [4.78, 5) is 16.7. The maximum absolute atomic E-state index is 13.9. The highest BCUT2D eigenvalue weighted by atomic mass is 19.1. The number of alkyl carbamates (subject to hydrolysis) is 1. The Kier molecular flexibility index (Phi) is 7.67. The van der Waals surface area contributed by atoms with Crippen LogP contribution >= 0.6 is 0 Å². The number of fused-ring (bicyclic) bond motifs is 1. The number of aromatic nitrogens is 1. The first-order valence-corrected chi connectivity index (χ1v) is 12.8. The number of carbonyl (C=O) groups excluding carboxylic acids is 1. The van der Waals surface area contributed by atoms with E-state index in [2.05, 4.69) is 15.4 Å². The van der Waals surface area contributed by atoms with E-state index < -0.39 is 11.6 Å². The Hall–Kier alpha value is -2.46. The van der Waals surface area contributed by atoms with Gasteiger partial charge in [0.05, 0.1) is 18.6 Å². The number of hydrogen-bond acceptors (Lipinski definition) is 7. The molecule has 1 amide bonds. The number of anilines is 1. The molecule has 3 fully saturated rings. The summed E-state index contributed by atoms with van der Waals surface area (Å²) < 4.78 is 43.6. The molecule has 35 heavy (non-hydrogen) atoms. The summed E-state index contributed by atoms with van der Waals surface area (Å²) in [6, 6.07) is 2.30. The van der Waals surface area contributed by atoms with Crippen LogP contribution in [0.4, 0.5) is 19.4 Å². The molecule has 2 aromatic rings. The summed E-state index contributed by atoms with van der Waals surface area (Å²) in [5.41, 5.74) is 0.00534. The van der Waals surface area contributed by atoms with Crippen molar-refractivity contribution in [2.75, 3.05) is 50.8 Å². The van der Waals surface area contributed by atoms with Gasteiger partial charge in [0.15, 0.2) is 11.6 Å². The van der Waals surface area contributed by atoms with Gasteiger partial charge in [0, 0.05) is 51.1 Å². The highest BCUT2D eigenvalue weighted by Crippen LogP contribution is 2.30. The summed E-state index contributed by atoms with van der Waals surface area (Å²) in [6.45, 7) is 5.59. The highest BCUT2D eigenvalue weighted by molar-refractivity contribution is 5.89. The molecule has 3 heterocycles. The number of carbonyl (C=O) groups is 1. The molecule has 5 rings (SSSR count). The van der Waals surface area contributed by atoms with Crippen LogP contribution in [0.2, 0.25) is 0 Å². The number of benzene rings is 1. The first kappa shape index (κ1) is 24.2. The highest BCUT2D eigenvalue weighted by Gasteiger charge is 2.27. The molecule has 2 aliphatic heterocycles. The van der Waals surface area contributed by atoms with Crippen molar-refractivity contribution in [1.29, 1.82) is 0 Å². The van der Waals surface area contributed by atoms with Gasteiger partial charge in [-0.15, -0.1) is 0 Å². The van der Waals surface area contributed by atoms with Crippen molar-refractivity contribution < 1.29 is 27.6 Å². The fraction of sp³-hybridized carbons (Fsp3) is 0.680. The normalized spacial score (nSPS) is 24.6. The van der Waals surface area contributed by atoms with E-state index >= 15 is 0 Å². The molecule has 0 spiro atoms. The molecule has 2 saturated heterocycles. The van der Waals surface area contributed by atoms with E-state index in [-0.39, 0.29) is 23.8 Å². The average Bonchev–Trinajstić information content (AvgIpc) is 3.29. The minimum atomic E-state index is -0.724. The zero-order valence-electron chi connectivity index (χ0n) is 20.0. The molecule has 0 radical (unpaired) electrons. The third kappa shape index (κ3) is 6.03. The van der Waals surface area contributed by atoms with E-state index in [0.717, 1.165) is 83.7 Å². The Bertz CT molecular complexity index is 997. The predicted octanol–water partition coefficient (Wildman–Crippen LogP) is 4.08. The van der Waals surface area contributed by atoms with Crippen LogP contribution < -0.4 is 10.2 Å². The number of piperazine rings is 1. The van der Waals surface area contributed by atoms with Crippen molar-refractivity contribution in [2.45, 2.75) is 57.1 Å². The SMILES string of the molecule is O=C(NC1CCC(CCN2CCN(c3noc4c(F)cc(F)cc34)CC2)CC1)OC1CCOCC1. The van der Waals surface area contributed by atoms with Gasteiger partial charge in [0.1, 0.15) is 11.9 Å². The third-order valence-corrected chi connectivity index (χ3v) is 7.61. The van der Waals surface area contributed by atoms with Crippen LogP contribution in [0.1, 0.15) is 44.9 Å². The van der Waals surface area contributed by atoms with Crippen molar-refractivity contribution in [2.24, 2.45) is 5.92 Å². The fourth-order valence-corrected chi connectivity index (χ4v) is 5.48. The van der Waals surface area contributed by atoms with Crippen molar-refractivity contribution in [3.63, 3.8) is 0 Å². The number of nitrogens with one attached hydrogen (secondary N) is 1. The van der Waals surface area contributed by atoms with E-state index in [9.17, 15) is 13.6 Å². The molecule has 1 saturated carbocycles. The van der Waals surface area contributed by atoms with E-state index in [4.69, 9.17) is 14.0 Å². The number of nitrogens with zero attached hydrogens (tertiary/aromatic N) is 3. The Morgan fingerprint density at radius 1 is 1.06 bits per heavy atom. The molecule has 1 aromatic carbocycles. The molecular formula is C25H34F2N4O4. The van der Waals surface area contributed by atoms with Crippen LogP contribution in [0, 0.1) is 17.6 Å². The maximum atomic E-state index is 13.9. The first-order chi connectivity index (χ1) is 17.0. The lowest BCUT2D eigenvalue weighted by Crippen LogP contribution is -2.47. The second kappa shape index (κ2) is 11.1. The maximum Gasteiger partial charge on any atom is 0.407 e. The fourth-order valence-electron chi connectivity index (χ4n) is 5.48. The van der Waals surface area contributed by atoms with Crippen LogP contribution in [0.3, 0.4) is 0 Å². The Morgan fingerprint density at radius 3 is 2.54 bits per heavy atom. The molecule has 1 aromatic heterocycles. The van der Waals surface area contributed by atoms with Crippen molar-refractivity contribution in [1.82, 2.24) is 15.4 Å². The summed E-state index contributed by atoms with van der Waals surface area (Å²) >= 11 is 0. The molecule has 1 N–H and O–H groups in total. The summed E-state index contributed by atoms with van der Waals surface area (Å²) in [6.07, 6.45) is 6.61. The molecule has 192 valence electrons. The summed E-state index contributed by atoms with van der Waals surface area (Å²) in [5.74, 6) is -0.167. The van der Waals surface area contributed by atoms with Gasteiger partial charge in [-0.05, 0) is 50.6 Å². The molecular weight excluding hydrogens is 458 g/mol. The van der Waals surface area contributed by atoms with Crippen molar-refractivity contribution in [3.05, 3.63) is 23.8 Å². The number of amides is 1. The van der Waals surface area contributed by atoms with Gasteiger partial charge >= 0.3 is 6.09 Å². The molecule has 8 nitrogen and oxygen atoms in total. The van der Waals surface area contributed by atoms with Gasteiger partial charge in [-0.3, -0.25) is 4.90 Å². The summed E-state index contributed by atoms with van der Waals surface area (Å²) in [7, 11) is 0. The minimum Gasteiger partial charge on any atom is -0.446 e. The first-order valence-electron chi connectivity index (χ1n) is 12.8. The van der Waals surface area contributed by atoms with Gasteiger partial charge < -0.3 is 24.2 Å². The lowest BCUT2D eigenvalue weighted by Gasteiger charge is -2.36. The van der Waals surface area contributed by atoms with Crippen LogP contribution in [-0.2, 0) is 9.47 Å². The average molecular weight is 493 g/mol. The quantitative estimate of drug-likeness (QED) is 0.651. The zero-order chi connectivity index (χ0) is 24.2. The summed E-state index contributed by atoms with van der Waals surface area (Å²) in [5, 5.41) is 7.45. The second-order valence-electron chi connectivity index (χ2n) is 9.97. The standard InChI is InChI=1S/C25H34F2N4O4/c26-18-15-21-23(22(27)16-18)35-29-24(21)31-11-9-30(10-12-31)8-5-17-1-3-19(4-2-17)28-25(32)34-20-6-13-33-14-7-20/h15-17,19-20H,1-14H2,(H,28,32). The van der Waals surface area contributed by atoms with E-state index in [1.807, 2.05) is 4.90 Å². The zero-order valence-corrected chi connectivity index (χ0v) is 20.0.